The van der Waals surface area contributed by atoms with Gasteiger partial charge in [0.25, 0.3) is 5.91 Å². The third kappa shape index (κ3) is 5.30. The van der Waals surface area contributed by atoms with Gasteiger partial charge in [0, 0.05) is 5.69 Å². The van der Waals surface area contributed by atoms with E-state index in [1.54, 1.807) is 12.1 Å². The monoisotopic (exact) mass is 378 g/mol. The maximum Gasteiger partial charge on any atom is 0.387 e. The van der Waals surface area contributed by atoms with Gasteiger partial charge in [-0.05, 0) is 36.4 Å². The lowest BCUT2D eigenvalue weighted by molar-refractivity contribution is -0.892. The molecular formula is C19H22F2N3O3+. The van der Waals surface area contributed by atoms with Crippen LogP contribution < -0.4 is 19.9 Å². The highest BCUT2D eigenvalue weighted by atomic mass is 19.3. The Balaban J connectivity index is 1.46. The first-order valence-electron chi connectivity index (χ1n) is 8.72. The molecule has 8 heteroatoms. The van der Waals surface area contributed by atoms with Crippen molar-refractivity contribution in [1.82, 2.24) is 0 Å². The van der Waals surface area contributed by atoms with Crippen molar-refractivity contribution in [2.24, 2.45) is 0 Å². The van der Waals surface area contributed by atoms with Crippen molar-refractivity contribution in [3.63, 3.8) is 0 Å². The summed E-state index contributed by atoms with van der Waals surface area (Å²) in [5.41, 5.74) is 1.35. The zero-order chi connectivity index (χ0) is 19.2. The zero-order valence-corrected chi connectivity index (χ0v) is 14.7. The molecule has 1 aliphatic rings. The molecule has 1 saturated heterocycles. The molecule has 0 spiro atoms. The SMILES string of the molecule is O=C(C[NH+]1CCN(c2ccccc2O)CC1)Nc1ccc(OC(F)F)cc1. The maximum atomic E-state index is 12.2. The zero-order valence-electron chi connectivity index (χ0n) is 14.7. The van der Waals surface area contributed by atoms with Crippen molar-refractivity contribution in [1.29, 1.82) is 0 Å². The van der Waals surface area contributed by atoms with Crippen molar-refractivity contribution in [2.45, 2.75) is 6.61 Å². The summed E-state index contributed by atoms with van der Waals surface area (Å²) in [5, 5.41) is 12.7. The summed E-state index contributed by atoms with van der Waals surface area (Å²) in [4.78, 5) is 15.5. The van der Waals surface area contributed by atoms with Gasteiger partial charge in [-0.15, -0.1) is 0 Å². The van der Waals surface area contributed by atoms with E-state index in [0.717, 1.165) is 36.8 Å². The quantitative estimate of drug-likeness (QED) is 0.710. The number of benzene rings is 2. The van der Waals surface area contributed by atoms with E-state index in [1.165, 1.54) is 24.3 Å². The number of halogens is 2. The van der Waals surface area contributed by atoms with Crippen LogP contribution in [-0.4, -0.2) is 50.3 Å². The van der Waals surface area contributed by atoms with Gasteiger partial charge in [0.2, 0.25) is 0 Å². The van der Waals surface area contributed by atoms with Gasteiger partial charge in [-0.2, -0.15) is 8.78 Å². The smallest absolute Gasteiger partial charge is 0.387 e. The van der Waals surface area contributed by atoms with Crippen LogP contribution in [0.1, 0.15) is 0 Å². The number of anilines is 2. The molecule has 1 fully saturated rings. The first-order chi connectivity index (χ1) is 13.0. The van der Waals surface area contributed by atoms with E-state index in [9.17, 15) is 18.7 Å². The van der Waals surface area contributed by atoms with E-state index in [-0.39, 0.29) is 17.4 Å². The predicted molar refractivity (Wildman–Crippen MR) is 97.6 cm³/mol. The summed E-state index contributed by atoms with van der Waals surface area (Å²) in [7, 11) is 0. The van der Waals surface area contributed by atoms with Gasteiger partial charge >= 0.3 is 6.61 Å². The van der Waals surface area contributed by atoms with Gasteiger partial charge < -0.3 is 25.0 Å². The van der Waals surface area contributed by atoms with Gasteiger partial charge in [-0.3, -0.25) is 4.79 Å². The number of nitrogens with one attached hydrogen (secondary N) is 2. The van der Waals surface area contributed by atoms with Crippen LogP contribution in [0.2, 0.25) is 0 Å². The van der Waals surface area contributed by atoms with E-state index in [2.05, 4.69) is 15.0 Å². The van der Waals surface area contributed by atoms with Gasteiger partial charge in [0.1, 0.15) is 11.5 Å². The van der Waals surface area contributed by atoms with Gasteiger partial charge in [0.05, 0.1) is 31.9 Å². The Morgan fingerprint density at radius 2 is 1.81 bits per heavy atom. The van der Waals surface area contributed by atoms with E-state index < -0.39 is 6.61 Å². The number of carbonyl (C=O) groups excluding carboxylic acids is 1. The van der Waals surface area contributed by atoms with Crippen LogP contribution in [0.3, 0.4) is 0 Å². The Kier molecular flexibility index (Phi) is 6.08. The molecule has 1 heterocycles. The first kappa shape index (κ1) is 18.9. The topological polar surface area (TPSA) is 66.2 Å². The number of phenols is 1. The van der Waals surface area contributed by atoms with Crippen molar-refractivity contribution >= 4 is 17.3 Å². The maximum absolute atomic E-state index is 12.2. The fourth-order valence-corrected chi connectivity index (χ4v) is 3.12. The van der Waals surface area contributed by atoms with Crippen molar-refractivity contribution in [3.8, 4) is 11.5 Å². The number of ether oxygens (including phenoxy) is 1. The minimum Gasteiger partial charge on any atom is -0.506 e. The molecule has 1 aliphatic heterocycles. The largest absolute Gasteiger partial charge is 0.506 e. The van der Waals surface area contributed by atoms with E-state index in [4.69, 9.17) is 0 Å². The molecule has 6 nitrogen and oxygen atoms in total. The second kappa shape index (κ2) is 8.68. The summed E-state index contributed by atoms with van der Waals surface area (Å²) >= 11 is 0. The molecule has 3 rings (SSSR count). The highest BCUT2D eigenvalue weighted by Gasteiger charge is 2.23. The van der Waals surface area contributed by atoms with Crippen LogP contribution in [-0.2, 0) is 4.79 Å². The Morgan fingerprint density at radius 1 is 1.15 bits per heavy atom. The molecule has 0 bridgehead atoms. The molecule has 0 aliphatic carbocycles. The lowest BCUT2D eigenvalue weighted by Crippen LogP contribution is -3.15. The van der Waals surface area contributed by atoms with Crippen molar-refractivity contribution in [3.05, 3.63) is 48.5 Å². The van der Waals surface area contributed by atoms with Crippen molar-refractivity contribution < 1.29 is 28.3 Å². The van der Waals surface area contributed by atoms with E-state index in [0.29, 0.717) is 12.2 Å². The van der Waals surface area contributed by atoms with Crippen LogP contribution >= 0.6 is 0 Å². The molecule has 0 atom stereocenters. The lowest BCUT2D eigenvalue weighted by Gasteiger charge is -2.33. The molecular weight excluding hydrogens is 356 g/mol. The summed E-state index contributed by atoms with van der Waals surface area (Å²) in [6.45, 7) is 0.514. The fraction of sp³-hybridized carbons (Fsp3) is 0.316. The summed E-state index contributed by atoms with van der Waals surface area (Å²) in [6, 6.07) is 13.1. The second-order valence-electron chi connectivity index (χ2n) is 6.35. The number of hydrogen-bond donors (Lipinski definition) is 3. The van der Waals surface area contributed by atoms with E-state index >= 15 is 0 Å². The molecule has 2 aromatic carbocycles. The average Bonchev–Trinajstić information content (AvgIpc) is 2.64. The number of nitrogens with zero attached hydrogens (tertiary/aromatic N) is 1. The number of carbonyl (C=O) groups is 1. The third-order valence-corrected chi connectivity index (χ3v) is 4.47. The number of rotatable bonds is 6. The van der Waals surface area contributed by atoms with Crippen LogP contribution in [0.15, 0.2) is 48.5 Å². The Hall–Kier alpha value is -2.87. The number of amides is 1. The molecule has 0 aromatic heterocycles. The number of quaternary nitrogens is 1. The minimum atomic E-state index is -2.87. The number of aromatic hydroxyl groups is 1. The highest BCUT2D eigenvalue weighted by Crippen LogP contribution is 2.26. The average molecular weight is 378 g/mol. The summed E-state index contributed by atoms with van der Waals surface area (Å²) in [5.74, 6) is 0.176. The molecule has 3 N–H and O–H groups in total. The number of hydrogen-bond acceptors (Lipinski definition) is 4. The molecule has 0 saturated carbocycles. The van der Waals surface area contributed by atoms with Crippen LogP contribution in [0, 0.1) is 0 Å². The predicted octanol–water partition coefficient (Wildman–Crippen LogP) is 1.34. The Morgan fingerprint density at radius 3 is 2.44 bits per heavy atom. The lowest BCUT2D eigenvalue weighted by atomic mass is 10.2. The standard InChI is InChI=1S/C19H21F2N3O3/c20-19(21)27-15-7-5-14(6-8-15)22-18(26)13-23-9-11-24(12-10-23)16-3-1-2-4-17(16)25/h1-8,19,25H,9-13H2,(H,22,26)/p+1. The molecule has 0 radical (unpaired) electrons. The third-order valence-electron chi connectivity index (χ3n) is 4.47. The van der Waals surface area contributed by atoms with Crippen LogP contribution in [0.4, 0.5) is 20.2 Å². The Bertz CT molecular complexity index is 763. The minimum absolute atomic E-state index is 0.0499. The summed E-state index contributed by atoms with van der Waals surface area (Å²) < 4.78 is 28.6. The fourth-order valence-electron chi connectivity index (χ4n) is 3.12. The first-order valence-corrected chi connectivity index (χ1v) is 8.72. The number of para-hydroxylation sites is 2. The second-order valence-corrected chi connectivity index (χ2v) is 6.35. The molecule has 0 unspecified atom stereocenters. The Labute approximate surface area is 156 Å². The van der Waals surface area contributed by atoms with Crippen LogP contribution in [0.5, 0.6) is 11.5 Å². The number of piperazine rings is 1. The van der Waals surface area contributed by atoms with Crippen molar-refractivity contribution in [2.75, 3.05) is 42.9 Å². The molecule has 27 heavy (non-hydrogen) atoms. The molecule has 1 amide bonds. The molecule has 144 valence electrons. The summed E-state index contributed by atoms with van der Waals surface area (Å²) in [6.07, 6.45) is 0. The molecule has 2 aromatic rings. The number of phenolic OH excluding ortho intramolecular Hbond substituents is 1. The van der Waals surface area contributed by atoms with Crippen LogP contribution in [0.25, 0.3) is 0 Å². The van der Waals surface area contributed by atoms with Gasteiger partial charge in [0.15, 0.2) is 6.54 Å². The highest BCUT2D eigenvalue weighted by molar-refractivity contribution is 5.91. The van der Waals surface area contributed by atoms with Gasteiger partial charge in [-0.1, -0.05) is 12.1 Å². The number of alkyl halides is 2. The normalized spacial score (nSPS) is 15.0. The van der Waals surface area contributed by atoms with E-state index in [1.807, 2.05) is 12.1 Å². The van der Waals surface area contributed by atoms with Gasteiger partial charge in [-0.25, -0.2) is 0 Å².